The lowest BCUT2D eigenvalue weighted by Crippen LogP contribution is -2.62. The molecular formula is C18H21F3N4OS. The molecule has 1 amide bonds. The van der Waals surface area contributed by atoms with E-state index < -0.39 is 11.9 Å². The number of alkyl halides is 3. The molecule has 2 aromatic heterocycles. The zero-order valence-electron chi connectivity index (χ0n) is 15.1. The van der Waals surface area contributed by atoms with Crippen LogP contribution >= 0.6 is 11.3 Å². The van der Waals surface area contributed by atoms with Crippen LogP contribution in [0.15, 0.2) is 18.2 Å². The number of rotatable bonds is 3. The molecule has 0 spiro atoms. The van der Waals surface area contributed by atoms with E-state index in [4.69, 9.17) is 0 Å². The highest BCUT2D eigenvalue weighted by Gasteiger charge is 2.40. The largest absolute Gasteiger partial charge is 0.435 e. The Morgan fingerprint density at radius 1 is 1.30 bits per heavy atom. The molecule has 0 radical (unpaired) electrons. The Morgan fingerprint density at radius 2 is 2.00 bits per heavy atom. The molecule has 0 aliphatic carbocycles. The van der Waals surface area contributed by atoms with Gasteiger partial charge in [-0.2, -0.15) is 18.3 Å². The Balaban J connectivity index is 1.51. The summed E-state index contributed by atoms with van der Waals surface area (Å²) in [5.41, 5.74) is -0.580. The SMILES string of the molecule is C[C@@H]1[C@H](NC(=O)c2ccc(-c3cc(C(F)(F)F)nn3C)s2)C2CCN1CC2. The molecule has 0 aromatic carbocycles. The predicted octanol–water partition coefficient (Wildman–Crippen LogP) is 3.38. The van der Waals surface area contributed by atoms with Gasteiger partial charge in [0.2, 0.25) is 0 Å². The third-order valence-electron chi connectivity index (χ3n) is 5.73. The average molecular weight is 398 g/mol. The summed E-state index contributed by atoms with van der Waals surface area (Å²) >= 11 is 1.19. The van der Waals surface area contributed by atoms with Gasteiger partial charge < -0.3 is 5.32 Å². The van der Waals surface area contributed by atoms with Gasteiger partial charge in [-0.15, -0.1) is 11.3 Å². The zero-order chi connectivity index (χ0) is 19.3. The highest BCUT2D eigenvalue weighted by molar-refractivity contribution is 7.17. The van der Waals surface area contributed by atoms with Crippen molar-refractivity contribution in [2.45, 2.75) is 38.0 Å². The minimum atomic E-state index is -4.49. The Labute approximate surface area is 159 Å². The number of nitrogens with one attached hydrogen (secondary N) is 1. The zero-order valence-corrected chi connectivity index (χ0v) is 15.9. The van der Waals surface area contributed by atoms with E-state index in [2.05, 4.69) is 22.2 Å². The first kappa shape index (κ1) is 18.5. The van der Waals surface area contributed by atoms with Gasteiger partial charge in [0.25, 0.3) is 5.91 Å². The van der Waals surface area contributed by atoms with Gasteiger partial charge in [0.05, 0.1) is 15.4 Å². The topological polar surface area (TPSA) is 50.2 Å². The highest BCUT2D eigenvalue weighted by atomic mass is 32.1. The smallest absolute Gasteiger partial charge is 0.347 e. The molecule has 27 heavy (non-hydrogen) atoms. The second-order valence-electron chi connectivity index (χ2n) is 7.31. The van der Waals surface area contributed by atoms with Crippen molar-refractivity contribution < 1.29 is 18.0 Å². The molecule has 3 aliphatic heterocycles. The van der Waals surface area contributed by atoms with Crippen molar-refractivity contribution in [2.75, 3.05) is 13.1 Å². The Kier molecular flexibility index (Phi) is 4.54. The molecule has 5 nitrogen and oxygen atoms in total. The molecule has 146 valence electrons. The Bertz CT molecular complexity index is 849. The fraction of sp³-hybridized carbons (Fsp3) is 0.556. The van der Waals surface area contributed by atoms with Crippen molar-refractivity contribution in [3.63, 3.8) is 0 Å². The maximum Gasteiger partial charge on any atom is 0.435 e. The van der Waals surface area contributed by atoms with Gasteiger partial charge in [0.1, 0.15) is 0 Å². The van der Waals surface area contributed by atoms with Gasteiger partial charge in [-0.05, 0) is 57.0 Å². The first-order valence-electron chi connectivity index (χ1n) is 9.00. The summed E-state index contributed by atoms with van der Waals surface area (Å²) in [4.78, 5) is 16.2. The van der Waals surface area contributed by atoms with E-state index in [1.165, 1.54) is 23.1 Å². The monoisotopic (exact) mass is 398 g/mol. The van der Waals surface area contributed by atoms with Gasteiger partial charge >= 0.3 is 6.18 Å². The minimum absolute atomic E-state index is 0.124. The van der Waals surface area contributed by atoms with Crippen LogP contribution in [0.25, 0.3) is 10.6 Å². The molecule has 5 heterocycles. The van der Waals surface area contributed by atoms with Crippen molar-refractivity contribution in [1.29, 1.82) is 0 Å². The van der Waals surface area contributed by atoms with E-state index in [0.29, 0.717) is 27.4 Å². The number of carbonyl (C=O) groups excluding carboxylic acids is 1. The first-order valence-corrected chi connectivity index (χ1v) is 9.82. The molecule has 0 unspecified atom stereocenters. The third kappa shape index (κ3) is 3.38. The molecule has 2 bridgehead atoms. The molecule has 0 saturated carbocycles. The fourth-order valence-electron chi connectivity index (χ4n) is 4.20. The van der Waals surface area contributed by atoms with Crippen LogP contribution in [0, 0.1) is 5.92 Å². The summed E-state index contributed by atoms with van der Waals surface area (Å²) in [6.07, 6.45) is -2.29. The summed E-state index contributed by atoms with van der Waals surface area (Å²) in [5, 5.41) is 6.69. The van der Waals surface area contributed by atoms with Crippen molar-refractivity contribution in [3.05, 3.63) is 28.8 Å². The van der Waals surface area contributed by atoms with Crippen LogP contribution in [0.3, 0.4) is 0 Å². The summed E-state index contributed by atoms with van der Waals surface area (Å²) in [6, 6.07) is 4.80. The van der Waals surface area contributed by atoms with E-state index in [1.807, 2.05) is 0 Å². The Morgan fingerprint density at radius 3 is 2.59 bits per heavy atom. The van der Waals surface area contributed by atoms with Crippen molar-refractivity contribution in [2.24, 2.45) is 13.0 Å². The quantitative estimate of drug-likeness (QED) is 0.863. The van der Waals surface area contributed by atoms with Crippen LogP contribution in [-0.2, 0) is 13.2 Å². The standard InChI is InChI=1S/C18H21F3N4OS/c1-10-16(11-5-7-25(10)8-6-11)22-17(26)14-4-3-13(27-14)12-9-15(18(19,20)21)23-24(12)2/h3-4,9-11,16H,5-8H2,1-2H3,(H,22,26)/t10-,16+/m1/s1. The lowest BCUT2D eigenvalue weighted by molar-refractivity contribution is -0.141. The number of carbonyl (C=O) groups is 1. The van der Waals surface area contributed by atoms with Gasteiger partial charge in [0.15, 0.2) is 5.69 Å². The number of aryl methyl sites for hydroxylation is 1. The Hall–Kier alpha value is -1.87. The van der Waals surface area contributed by atoms with Crippen LogP contribution in [0.4, 0.5) is 13.2 Å². The average Bonchev–Trinajstić information content (AvgIpc) is 3.24. The molecule has 2 aromatic rings. The maximum atomic E-state index is 12.9. The number of halogens is 3. The number of hydrogen-bond donors (Lipinski definition) is 1. The number of thiophene rings is 1. The van der Waals surface area contributed by atoms with Crippen molar-refractivity contribution >= 4 is 17.2 Å². The normalized spacial score (nSPS) is 27.7. The van der Waals surface area contributed by atoms with Gasteiger partial charge in [-0.1, -0.05) is 0 Å². The van der Waals surface area contributed by atoms with Crippen LogP contribution in [0.5, 0.6) is 0 Å². The van der Waals surface area contributed by atoms with Crippen LogP contribution in [0.1, 0.15) is 35.1 Å². The molecule has 5 rings (SSSR count). The third-order valence-corrected chi connectivity index (χ3v) is 6.83. The van der Waals surface area contributed by atoms with E-state index in [1.54, 1.807) is 12.1 Å². The fourth-order valence-corrected chi connectivity index (χ4v) is 5.16. The maximum absolute atomic E-state index is 12.9. The van der Waals surface area contributed by atoms with E-state index in [0.717, 1.165) is 32.0 Å². The first-order chi connectivity index (χ1) is 12.7. The van der Waals surface area contributed by atoms with Gasteiger partial charge in [0, 0.05) is 19.1 Å². The number of hydrogen-bond acceptors (Lipinski definition) is 4. The molecular weight excluding hydrogens is 377 g/mol. The molecule has 3 saturated heterocycles. The van der Waals surface area contributed by atoms with E-state index in [-0.39, 0.29) is 11.9 Å². The lowest BCUT2D eigenvalue weighted by Gasteiger charge is -2.49. The summed E-state index contributed by atoms with van der Waals surface area (Å²) in [6.45, 7) is 4.32. The lowest BCUT2D eigenvalue weighted by atomic mass is 9.79. The summed E-state index contributed by atoms with van der Waals surface area (Å²) in [5.74, 6) is 0.342. The summed E-state index contributed by atoms with van der Waals surface area (Å²) < 4.78 is 39.8. The van der Waals surface area contributed by atoms with Crippen molar-refractivity contribution in [3.8, 4) is 10.6 Å². The number of amides is 1. The molecule has 2 atom stereocenters. The second-order valence-corrected chi connectivity index (χ2v) is 8.40. The van der Waals surface area contributed by atoms with Gasteiger partial charge in [-0.25, -0.2) is 0 Å². The van der Waals surface area contributed by atoms with Crippen LogP contribution in [-0.4, -0.2) is 45.8 Å². The molecule has 3 fully saturated rings. The number of aromatic nitrogens is 2. The minimum Gasteiger partial charge on any atom is -0.347 e. The number of fused-ring (bicyclic) bond motifs is 3. The highest BCUT2D eigenvalue weighted by Crippen LogP contribution is 2.35. The molecule has 9 heteroatoms. The molecule has 3 aliphatic rings. The summed E-state index contributed by atoms with van der Waals surface area (Å²) in [7, 11) is 1.47. The predicted molar refractivity (Wildman–Crippen MR) is 96.5 cm³/mol. The number of piperidine rings is 3. The van der Waals surface area contributed by atoms with Crippen LogP contribution < -0.4 is 5.32 Å². The van der Waals surface area contributed by atoms with Crippen molar-refractivity contribution in [1.82, 2.24) is 20.0 Å². The molecule has 1 N–H and O–H groups in total. The second kappa shape index (κ2) is 6.63. The van der Waals surface area contributed by atoms with E-state index in [9.17, 15) is 18.0 Å². The number of nitrogens with zero attached hydrogens (tertiary/aromatic N) is 3. The van der Waals surface area contributed by atoms with Crippen LogP contribution in [0.2, 0.25) is 0 Å². The van der Waals surface area contributed by atoms with Gasteiger partial charge in [-0.3, -0.25) is 14.4 Å². The van der Waals surface area contributed by atoms with E-state index >= 15 is 0 Å².